The van der Waals surface area contributed by atoms with Gasteiger partial charge in [-0.3, -0.25) is 14.7 Å². The van der Waals surface area contributed by atoms with E-state index in [1.807, 2.05) is 42.5 Å². The van der Waals surface area contributed by atoms with Crippen LogP contribution in [0.4, 0.5) is 5.13 Å². The summed E-state index contributed by atoms with van der Waals surface area (Å²) in [6.45, 7) is 2.52. The van der Waals surface area contributed by atoms with E-state index >= 15 is 0 Å². The maximum Gasteiger partial charge on any atom is 0.260 e. The molecule has 2 heterocycles. The Kier molecular flexibility index (Phi) is 8.81. The standard InChI is InChI=1S/C31H30N4O5S2/c1-4-34(20-22-10-6-5-7-11-22)42(37,38)25-15-13-23(14-16-25)30(36)35(21-24-12-8-9-19-32-24)31-33-28-26(39-2)17-18-27(40-3)29(28)41-31/h5-19H,4,20-21H2,1-3H3. The Bertz CT molecular complexity index is 1740. The molecule has 42 heavy (non-hydrogen) atoms. The Labute approximate surface area is 249 Å². The summed E-state index contributed by atoms with van der Waals surface area (Å²) in [5, 5.41) is 0.431. The third kappa shape index (κ3) is 5.98. The predicted molar refractivity (Wildman–Crippen MR) is 164 cm³/mol. The first kappa shape index (κ1) is 29.2. The highest BCUT2D eigenvalue weighted by molar-refractivity contribution is 7.89. The summed E-state index contributed by atoms with van der Waals surface area (Å²) >= 11 is 1.30. The molecule has 0 saturated carbocycles. The summed E-state index contributed by atoms with van der Waals surface area (Å²) < 4.78 is 40.1. The maximum absolute atomic E-state index is 14.0. The van der Waals surface area contributed by atoms with Crippen molar-refractivity contribution in [2.24, 2.45) is 0 Å². The number of anilines is 1. The summed E-state index contributed by atoms with van der Waals surface area (Å²) in [6, 6.07) is 24.5. The minimum Gasteiger partial charge on any atom is -0.495 e. The van der Waals surface area contributed by atoms with Gasteiger partial charge in [-0.1, -0.05) is 54.7 Å². The first-order valence-electron chi connectivity index (χ1n) is 13.2. The van der Waals surface area contributed by atoms with Gasteiger partial charge in [0.1, 0.15) is 21.7 Å². The second-order valence-corrected chi connectivity index (χ2v) is 12.2. The second kappa shape index (κ2) is 12.7. The Morgan fingerprint density at radius 1 is 0.857 bits per heavy atom. The highest BCUT2D eigenvalue weighted by atomic mass is 32.2. The van der Waals surface area contributed by atoms with E-state index in [9.17, 15) is 13.2 Å². The van der Waals surface area contributed by atoms with E-state index in [0.717, 1.165) is 10.3 Å². The van der Waals surface area contributed by atoms with Crippen molar-refractivity contribution in [3.63, 3.8) is 0 Å². The smallest absolute Gasteiger partial charge is 0.260 e. The molecule has 0 unspecified atom stereocenters. The number of thiazole rings is 1. The number of ether oxygens (including phenoxy) is 2. The molecule has 0 radical (unpaired) electrons. The van der Waals surface area contributed by atoms with Crippen molar-refractivity contribution in [2.45, 2.75) is 24.9 Å². The van der Waals surface area contributed by atoms with Crippen molar-refractivity contribution in [2.75, 3.05) is 25.7 Å². The molecule has 0 N–H and O–H groups in total. The lowest BCUT2D eigenvalue weighted by Gasteiger charge is -2.22. The number of hydrogen-bond donors (Lipinski definition) is 0. The molecule has 0 aliphatic rings. The predicted octanol–water partition coefficient (Wildman–Crippen LogP) is 5.77. The topological polar surface area (TPSA) is 102 Å². The molecule has 216 valence electrons. The van der Waals surface area contributed by atoms with Gasteiger partial charge in [-0.15, -0.1) is 0 Å². The summed E-state index contributed by atoms with van der Waals surface area (Å²) in [6.07, 6.45) is 1.66. The van der Waals surface area contributed by atoms with Crippen LogP contribution in [0, 0.1) is 0 Å². The molecule has 0 spiro atoms. The van der Waals surface area contributed by atoms with Crippen LogP contribution < -0.4 is 14.4 Å². The first-order valence-corrected chi connectivity index (χ1v) is 15.5. The normalized spacial score (nSPS) is 11.5. The number of carbonyl (C=O) groups is 1. The van der Waals surface area contributed by atoms with Crippen LogP contribution in [0.5, 0.6) is 11.5 Å². The quantitative estimate of drug-likeness (QED) is 0.189. The van der Waals surface area contributed by atoms with Gasteiger partial charge in [-0.25, -0.2) is 13.4 Å². The highest BCUT2D eigenvalue weighted by Gasteiger charge is 2.27. The van der Waals surface area contributed by atoms with Crippen LogP contribution in [0.1, 0.15) is 28.5 Å². The van der Waals surface area contributed by atoms with Gasteiger partial charge in [-0.2, -0.15) is 4.31 Å². The number of nitrogens with zero attached hydrogens (tertiary/aromatic N) is 4. The van der Waals surface area contributed by atoms with E-state index in [1.54, 1.807) is 45.5 Å². The van der Waals surface area contributed by atoms with Crippen molar-refractivity contribution in [1.29, 1.82) is 0 Å². The molecule has 2 aromatic heterocycles. The number of methoxy groups -OCH3 is 2. The number of amides is 1. The summed E-state index contributed by atoms with van der Waals surface area (Å²) in [5.41, 5.74) is 2.45. The van der Waals surface area contributed by atoms with Crippen LogP contribution >= 0.6 is 11.3 Å². The number of pyridine rings is 1. The summed E-state index contributed by atoms with van der Waals surface area (Å²) in [7, 11) is -0.647. The van der Waals surface area contributed by atoms with Crippen molar-refractivity contribution in [3.05, 3.63) is 108 Å². The number of hydrogen-bond acceptors (Lipinski definition) is 8. The lowest BCUT2D eigenvalue weighted by molar-refractivity contribution is 0.0984. The molecule has 5 rings (SSSR count). The fourth-order valence-electron chi connectivity index (χ4n) is 4.50. The SMILES string of the molecule is CCN(Cc1ccccc1)S(=O)(=O)c1ccc(C(=O)N(Cc2ccccn2)c2nc3c(OC)ccc(OC)c3s2)cc1. The zero-order chi connectivity index (χ0) is 29.7. The monoisotopic (exact) mass is 602 g/mol. The third-order valence-corrected chi connectivity index (χ3v) is 9.74. The van der Waals surface area contributed by atoms with Gasteiger partial charge >= 0.3 is 0 Å². The molecule has 9 nitrogen and oxygen atoms in total. The molecular weight excluding hydrogens is 572 g/mol. The van der Waals surface area contributed by atoms with Gasteiger partial charge < -0.3 is 9.47 Å². The Balaban J connectivity index is 1.48. The first-order chi connectivity index (χ1) is 20.3. The molecule has 0 aliphatic carbocycles. The maximum atomic E-state index is 14.0. The second-order valence-electron chi connectivity index (χ2n) is 9.30. The van der Waals surface area contributed by atoms with Gasteiger partial charge in [0, 0.05) is 24.8 Å². The molecule has 5 aromatic rings. The Morgan fingerprint density at radius 2 is 1.55 bits per heavy atom. The molecule has 0 saturated heterocycles. The number of benzene rings is 3. The van der Waals surface area contributed by atoms with Gasteiger partial charge in [0.05, 0.1) is 31.4 Å². The zero-order valence-electron chi connectivity index (χ0n) is 23.4. The van der Waals surface area contributed by atoms with Crippen LogP contribution in [-0.4, -0.2) is 49.4 Å². The Morgan fingerprint density at radius 3 is 2.19 bits per heavy atom. The Hall–Kier alpha value is -4.32. The fraction of sp³-hybridized carbons (Fsp3) is 0.194. The van der Waals surface area contributed by atoms with Crippen LogP contribution in [-0.2, 0) is 23.1 Å². The van der Waals surface area contributed by atoms with Gasteiger partial charge in [0.15, 0.2) is 5.13 Å². The van der Waals surface area contributed by atoms with Crippen molar-refractivity contribution < 1.29 is 22.7 Å². The van der Waals surface area contributed by atoms with E-state index in [4.69, 9.17) is 14.5 Å². The van der Waals surface area contributed by atoms with E-state index in [-0.39, 0.29) is 23.9 Å². The van der Waals surface area contributed by atoms with E-state index < -0.39 is 10.0 Å². The van der Waals surface area contributed by atoms with Crippen molar-refractivity contribution >= 4 is 42.6 Å². The van der Waals surface area contributed by atoms with Crippen LogP contribution in [0.3, 0.4) is 0 Å². The highest BCUT2D eigenvalue weighted by Crippen LogP contribution is 2.40. The number of carbonyl (C=O) groups excluding carboxylic acids is 1. The molecule has 0 atom stereocenters. The van der Waals surface area contributed by atoms with Crippen LogP contribution in [0.2, 0.25) is 0 Å². The third-order valence-electron chi connectivity index (χ3n) is 6.71. The minimum atomic E-state index is -3.79. The number of fused-ring (bicyclic) bond motifs is 1. The molecule has 0 aliphatic heterocycles. The lowest BCUT2D eigenvalue weighted by atomic mass is 10.2. The van der Waals surface area contributed by atoms with Crippen molar-refractivity contribution in [3.8, 4) is 11.5 Å². The number of sulfonamides is 1. The van der Waals surface area contributed by atoms with Gasteiger partial charge in [-0.05, 0) is 54.1 Å². The summed E-state index contributed by atoms with van der Waals surface area (Å²) in [5.74, 6) is 0.827. The van der Waals surface area contributed by atoms with E-state index in [1.165, 1.54) is 44.8 Å². The number of aromatic nitrogens is 2. The molecular formula is C31H30N4O5S2. The molecule has 0 bridgehead atoms. The number of rotatable bonds is 11. The average Bonchev–Trinajstić information content (AvgIpc) is 3.48. The van der Waals surface area contributed by atoms with Crippen molar-refractivity contribution in [1.82, 2.24) is 14.3 Å². The largest absolute Gasteiger partial charge is 0.495 e. The average molecular weight is 603 g/mol. The zero-order valence-corrected chi connectivity index (χ0v) is 25.1. The van der Waals surface area contributed by atoms with Crippen LogP contribution in [0.15, 0.2) is 96.0 Å². The molecule has 0 fully saturated rings. The van der Waals surface area contributed by atoms with Gasteiger partial charge in [0.25, 0.3) is 5.91 Å². The molecule has 3 aromatic carbocycles. The minimum absolute atomic E-state index is 0.113. The molecule has 11 heteroatoms. The molecule has 1 amide bonds. The lowest BCUT2D eigenvalue weighted by Crippen LogP contribution is -2.31. The van der Waals surface area contributed by atoms with E-state index in [0.29, 0.717) is 39.9 Å². The van der Waals surface area contributed by atoms with Gasteiger partial charge in [0.2, 0.25) is 10.0 Å². The summed E-state index contributed by atoms with van der Waals surface area (Å²) in [4.78, 5) is 24.8. The van der Waals surface area contributed by atoms with E-state index in [2.05, 4.69) is 4.98 Å². The van der Waals surface area contributed by atoms with Crippen LogP contribution in [0.25, 0.3) is 10.2 Å². The fourth-order valence-corrected chi connectivity index (χ4v) is 7.01.